The van der Waals surface area contributed by atoms with E-state index < -0.39 is 0 Å². The minimum atomic E-state index is -0.171. The fourth-order valence-corrected chi connectivity index (χ4v) is 6.40. The molecular weight excluding hydrogens is 480 g/mol. The molecule has 5 nitrogen and oxygen atoms in total. The van der Waals surface area contributed by atoms with Gasteiger partial charge in [-0.2, -0.15) is 0 Å². The van der Waals surface area contributed by atoms with Gasteiger partial charge in [0, 0.05) is 30.2 Å². The number of hydrogen-bond donors (Lipinski definition) is 0. The van der Waals surface area contributed by atoms with E-state index in [-0.39, 0.29) is 24.1 Å². The minimum Gasteiger partial charge on any atom is -0.461 e. The normalized spacial score (nSPS) is 19.9. The van der Waals surface area contributed by atoms with Crippen LogP contribution in [0.5, 0.6) is 0 Å². The lowest BCUT2D eigenvalue weighted by atomic mass is 10.1. The summed E-state index contributed by atoms with van der Waals surface area (Å²) in [5.74, 6) is 0.717. The van der Waals surface area contributed by atoms with E-state index in [4.69, 9.17) is 4.74 Å². The fraction of sp³-hybridized carbons (Fsp3) is 0.290. The number of allylic oxidation sites excluding steroid dienone is 1. The standard InChI is InChI=1S/C31H32N2O3S/c34-29(36-22-26-16-8-3-9-17-26)19-11-10-18-28-30-27(23-37-28)32(20-24-12-4-1-5-13-24)31(35)33(30)21-25-14-6-2-7-15-25/h1-9,12-18,27,30H,10-11,19-23H2/b28-18-/t27-,30-/m0/s1. The summed E-state index contributed by atoms with van der Waals surface area (Å²) in [7, 11) is 0. The molecule has 2 saturated heterocycles. The van der Waals surface area contributed by atoms with E-state index in [9.17, 15) is 9.59 Å². The SMILES string of the molecule is O=C(CCC/C=C1\SC[C@H]2[C@@H]1N(Cc1ccccc1)C(=O)N2Cc1ccccc1)OCc1ccccc1. The van der Waals surface area contributed by atoms with Crippen molar-refractivity contribution in [2.75, 3.05) is 5.75 Å². The predicted molar refractivity (Wildman–Crippen MR) is 148 cm³/mol. The van der Waals surface area contributed by atoms with Crippen molar-refractivity contribution in [2.24, 2.45) is 0 Å². The lowest BCUT2D eigenvalue weighted by Crippen LogP contribution is -2.35. The van der Waals surface area contributed by atoms with Gasteiger partial charge in [-0.15, -0.1) is 11.8 Å². The van der Waals surface area contributed by atoms with Gasteiger partial charge in [-0.3, -0.25) is 4.79 Å². The molecular formula is C31H32N2O3S. The molecule has 5 rings (SSSR count). The molecule has 2 aliphatic heterocycles. The predicted octanol–water partition coefficient (Wildman–Crippen LogP) is 6.41. The number of thioether (sulfide) groups is 1. The zero-order valence-electron chi connectivity index (χ0n) is 20.9. The smallest absolute Gasteiger partial charge is 0.321 e. The van der Waals surface area contributed by atoms with E-state index in [0.717, 1.165) is 35.3 Å². The number of benzene rings is 3. The first kappa shape index (κ1) is 25.2. The second kappa shape index (κ2) is 12.2. The Balaban J connectivity index is 1.23. The van der Waals surface area contributed by atoms with E-state index in [2.05, 4.69) is 30.3 Å². The molecule has 190 valence electrons. The van der Waals surface area contributed by atoms with E-state index in [1.807, 2.05) is 88.3 Å². The first-order chi connectivity index (χ1) is 18.2. The Morgan fingerprint density at radius 1 is 0.838 bits per heavy atom. The van der Waals surface area contributed by atoms with Gasteiger partial charge in [-0.1, -0.05) is 97.1 Å². The highest BCUT2D eigenvalue weighted by Gasteiger charge is 2.50. The van der Waals surface area contributed by atoms with Crippen LogP contribution in [0, 0.1) is 0 Å². The minimum absolute atomic E-state index is 0.0476. The number of carbonyl (C=O) groups excluding carboxylic acids is 2. The van der Waals surface area contributed by atoms with Crippen molar-refractivity contribution in [3.8, 4) is 0 Å². The van der Waals surface area contributed by atoms with Gasteiger partial charge in [0.2, 0.25) is 0 Å². The van der Waals surface area contributed by atoms with Gasteiger partial charge in [0.1, 0.15) is 6.61 Å². The van der Waals surface area contributed by atoms with Crippen LogP contribution >= 0.6 is 11.8 Å². The van der Waals surface area contributed by atoms with Crippen molar-refractivity contribution < 1.29 is 14.3 Å². The van der Waals surface area contributed by atoms with E-state index in [0.29, 0.717) is 26.1 Å². The summed E-state index contributed by atoms with van der Waals surface area (Å²) < 4.78 is 5.41. The summed E-state index contributed by atoms with van der Waals surface area (Å²) in [5.41, 5.74) is 3.28. The molecule has 2 amide bonds. The lowest BCUT2D eigenvalue weighted by molar-refractivity contribution is -0.145. The number of nitrogens with zero attached hydrogens (tertiary/aromatic N) is 2. The van der Waals surface area contributed by atoms with E-state index in [1.54, 1.807) is 0 Å². The summed E-state index contributed by atoms with van der Waals surface area (Å²) in [6.45, 7) is 1.53. The zero-order valence-corrected chi connectivity index (χ0v) is 21.7. The summed E-state index contributed by atoms with van der Waals surface area (Å²) in [6.07, 6.45) is 4.15. The number of amides is 2. The molecule has 0 radical (unpaired) electrons. The molecule has 3 aromatic carbocycles. The molecule has 0 unspecified atom stereocenters. The number of carbonyl (C=O) groups is 2. The zero-order chi connectivity index (χ0) is 25.5. The van der Waals surface area contributed by atoms with Gasteiger partial charge in [-0.25, -0.2) is 4.79 Å². The van der Waals surface area contributed by atoms with E-state index >= 15 is 0 Å². The molecule has 6 heteroatoms. The largest absolute Gasteiger partial charge is 0.461 e. The average Bonchev–Trinajstić information content (AvgIpc) is 3.46. The number of fused-ring (bicyclic) bond motifs is 1. The highest BCUT2D eigenvalue weighted by Crippen LogP contribution is 2.43. The maximum Gasteiger partial charge on any atom is 0.321 e. The molecule has 2 fully saturated rings. The van der Waals surface area contributed by atoms with Crippen molar-refractivity contribution in [3.63, 3.8) is 0 Å². The Bertz CT molecular complexity index is 1220. The van der Waals surface area contributed by atoms with Crippen LogP contribution in [0.2, 0.25) is 0 Å². The summed E-state index contributed by atoms with van der Waals surface area (Å²) in [6, 6.07) is 30.4. The van der Waals surface area contributed by atoms with E-state index in [1.165, 1.54) is 4.91 Å². The van der Waals surface area contributed by atoms with Crippen LogP contribution in [0.3, 0.4) is 0 Å². The Kier molecular flexibility index (Phi) is 8.26. The average molecular weight is 513 g/mol. The number of rotatable bonds is 10. The van der Waals surface area contributed by atoms with Crippen LogP contribution in [0.1, 0.15) is 36.0 Å². The molecule has 0 N–H and O–H groups in total. The summed E-state index contributed by atoms with van der Waals surface area (Å²) in [5, 5.41) is 0. The Hall–Kier alpha value is -3.51. The molecule has 37 heavy (non-hydrogen) atoms. The van der Waals surface area contributed by atoms with Crippen LogP contribution in [0.25, 0.3) is 0 Å². The number of esters is 1. The molecule has 0 aliphatic carbocycles. The first-order valence-electron chi connectivity index (χ1n) is 12.9. The number of urea groups is 1. The van der Waals surface area contributed by atoms with Gasteiger partial charge in [0.25, 0.3) is 0 Å². The number of hydrogen-bond acceptors (Lipinski definition) is 4. The molecule has 0 aromatic heterocycles. The van der Waals surface area contributed by atoms with Crippen molar-refractivity contribution in [3.05, 3.63) is 119 Å². The third-order valence-corrected chi connectivity index (χ3v) is 8.12. The van der Waals surface area contributed by atoms with Gasteiger partial charge in [0.05, 0.1) is 12.1 Å². The Morgan fingerprint density at radius 2 is 1.41 bits per heavy atom. The highest BCUT2D eigenvalue weighted by molar-refractivity contribution is 8.03. The third-order valence-electron chi connectivity index (χ3n) is 6.87. The Morgan fingerprint density at radius 3 is 2.03 bits per heavy atom. The van der Waals surface area contributed by atoms with Crippen LogP contribution in [-0.4, -0.2) is 39.6 Å². The van der Waals surface area contributed by atoms with Crippen molar-refractivity contribution in [2.45, 2.75) is 51.0 Å². The first-order valence-corrected chi connectivity index (χ1v) is 13.8. The van der Waals surface area contributed by atoms with Gasteiger partial charge in [0.15, 0.2) is 0 Å². The number of unbranched alkanes of at least 4 members (excludes halogenated alkanes) is 1. The lowest BCUT2D eigenvalue weighted by Gasteiger charge is -2.23. The summed E-state index contributed by atoms with van der Waals surface area (Å²) in [4.78, 5) is 31.1. The Labute approximate surface area is 223 Å². The van der Waals surface area contributed by atoms with Crippen LogP contribution < -0.4 is 0 Å². The number of ether oxygens (including phenoxy) is 1. The molecule has 3 aromatic rings. The highest BCUT2D eigenvalue weighted by atomic mass is 32.2. The van der Waals surface area contributed by atoms with Crippen molar-refractivity contribution >= 4 is 23.8 Å². The molecule has 2 atom stereocenters. The van der Waals surface area contributed by atoms with Crippen LogP contribution in [-0.2, 0) is 29.2 Å². The fourth-order valence-electron chi connectivity index (χ4n) is 4.99. The van der Waals surface area contributed by atoms with Crippen molar-refractivity contribution in [1.82, 2.24) is 9.80 Å². The maximum atomic E-state index is 13.6. The molecule has 0 spiro atoms. The monoisotopic (exact) mass is 512 g/mol. The quantitative estimate of drug-likeness (QED) is 0.179. The van der Waals surface area contributed by atoms with Crippen LogP contribution in [0.4, 0.5) is 4.79 Å². The molecule has 2 heterocycles. The topological polar surface area (TPSA) is 49.9 Å². The maximum absolute atomic E-state index is 13.6. The van der Waals surface area contributed by atoms with Crippen molar-refractivity contribution in [1.29, 1.82) is 0 Å². The van der Waals surface area contributed by atoms with Gasteiger partial charge >= 0.3 is 12.0 Å². The third kappa shape index (κ3) is 6.25. The molecule has 0 saturated carbocycles. The van der Waals surface area contributed by atoms with Gasteiger partial charge < -0.3 is 14.5 Å². The summed E-state index contributed by atoms with van der Waals surface area (Å²) >= 11 is 1.84. The second-order valence-electron chi connectivity index (χ2n) is 9.48. The molecule has 0 bridgehead atoms. The van der Waals surface area contributed by atoms with Gasteiger partial charge in [-0.05, 0) is 29.5 Å². The second-order valence-corrected chi connectivity index (χ2v) is 10.6. The molecule has 2 aliphatic rings. The van der Waals surface area contributed by atoms with Crippen LogP contribution in [0.15, 0.2) is 102 Å².